The van der Waals surface area contributed by atoms with Crippen LogP contribution in [0.5, 0.6) is 0 Å². The standard InChI is InChI=1S/C12H12F3N3O2/c13-12(14,15)5-1-2-6-17-10-7-9(8-16)3-4-11(10)18(19)20/h3-4,7,17H,1-2,5-6H2. The van der Waals surface area contributed by atoms with Gasteiger partial charge in [0.1, 0.15) is 5.69 Å². The van der Waals surface area contributed by atoms with Crippen molar-refractivity contribution in [3.05, 3.63) is 33.9 Å². The number of anilines is 1. The lowest BCUT2D eigenvalue weighted by molar-refractivity contribution is -0.384. The SMILES string of the molecule is N#Cc1ccc([N+](=O)[O-])c(NCCCCC(F)(F)F)c1. The van der Waals surface area contributed by atoms with Crippen LogP contribution in [0, 0.1) is 21.4 Å². The van der Waals surface area contributed by atoms with Gasteiger partial charge in [0.2, 0.25) is 0 Å². The fourth-order valence-corrected chi connectivity index (χ4v) is 1.58. The van der Waals surface area contributed by atoms with Crippen molar-refractivity contribution in [3.8, 4) is 6.07 Å². The number of nitriles is 1. The molecule has 0 aliphatic heterocycles. The van der Waals surface area contributed by atoms with Gasteiger partial charge < -0.3 is 5.32 Å². The highest BCUT2D eigenvalue weighted by atomic mass is 19.4. The van der Waals surface area contributed by atoms with Crippen LogP contribution in [0.1, 0.15) is 24.8 Å². The van der Waals surface area contributed by atoms with Crippen LogP contribution in [-0.4, -0.2) is 17.6 Å². The summed E-state index contributed by atoms with van der Waals surface area (Å²) in [5.41, 5.74) is 0.175. The Kier molecular flexibility index (Phi) is 5.32. The first-order valence-corrected chi connectivity index (χ1v) is 5.82. The van der Waals surface area contributed by atoms with Crippen LogP contribution in [0.2, 0.25) is 0 Å². The van der Waals surface area contributed by atoms with Gasteiger partial charge in [0.05, 0.1) is 16.6 Å². The van der Waals surface area contributed by atoms with E-state index in [9.17, 15) is 23.3 Å². The molecule has 1 aromatic rings. The minimum atomic E-state index is -4.19. The summed E-state index contributed by atoms with van der Waals surface area (Å²) in [5.74, 6) is 0. The predicted molar refractivity (Wildman–Crippen MR) is 66.2 cm³/mol. The molecule has 8 heteroatoms. The van der Waals surface area contributed by atoms with Crippen molar-refractivity contribution in [2.75, 3.05) is 11.9 Å². The van der Waals surface area contributed by atoms with Gasteiger partial charge in [0, 0.05) is 19.0 Å². The van der Waals surface area contributed by atoms with E-state index in [0.29, 0.717) is 0 Å². The molecule has 0 aromatic heterocycles. The maximum absolute atomic E-state index is 11.9. The molecule has 0 unspecified atom stereocenters. The Bertz CT molecular complexity index is 524. The zero-order chi connectivity index (χ0) is 15.2. The molecule has 1 rings (SSSR count). The van der Waals surface area contributed by atoms with E-state index >= 15 is 0 Å². The molecule has 0 bridgehead atoms. The average molecular weight is 287 g/mol. The van der Waals surface area contributed by atoms with Crippen LogP contribution >= 0.6 is 0 Å². The van der Waals surface area contributed by atoms with Crippen molar-refractivity contribution in [3.63, 3.8) is 0 Å². The Morgan fingerprint density at radius 2 is 2.05 bits per heavy atom. The molecule has 20 heavy (non-hydrogen) atoms. The largest absolute Gasteiger partial charge is 0.389 e. The van der Waals surface area contributed by atoms with E-state index in [4.69, 9.17) is 5.26 Å². The van der Waals surface area contributed by atoms with E-state index in [0.717, 1.165) is 0 Å². The lowest BCUT2D eigenvalue weighted by Gasteiger charge is -2.08. The molecular formula is C12H12F3N3O2. The Morgan fingerprint density at radius 3 is 2.60 bits per heavy atom. The average Bonchev–Trinajstić information content (AvgIpc) is 2.36. The van der Waals surface area contributed by atoms with E-state index in [2.05, 4.69) is 5.32 Å². The number of unbranched alkanes of at least 4 members (excludes halogenated alkanes) is 1. The number of hydrogen-bond donors (Lipinski definition) is 1. The Morgan fingerprint density at radius 1 is 1.35 bits per heavy atom. The number of nitrogens with one attached hydrogen (secondary N) is 1. The molecule has 5 nitrogen and oxygen atoms in total. The smallest absolute Gasteiger partial charge is 0.379 e. The number of nitrogens with zero attached hydrogens (tertiary/aromatic N) is 2. The fraction of sp³-hybridized carbons (Fsp3) is 0.417. The predicted octanol–water partition coefficient (Wildman–Crippen LogP) is 3.61. The normalized spacial score (nSPS) is 10.9. The number of nitro benzene ring substituents is 1. The first kappa shape index (κ1) is 15.8. The summed E-state index contributed by atoms with van der Waals surface area (Å²) in [7, 11) is 0. The van der Waals surface area contributed by atoms with Crippen LogP contribution < -0.4 is 5.32 Å². The molecule has 0 saturated carbocycles. The molecule has 1 aromatic carbocycles. The van der Waals surface area contributed by atoms with Gasteiger partial charge in [-0.1, -0.05) is 0 Å². The van der Waals surface area contributed by atoms with Crippen molar-refractivity contribution in [1.29, 1.82) is 5.26 Å². The van der Waals surface area contributed by atoms with Gasteiger partial charge in [0.15, 0.2) is 0 Å². The fourth-order valence-electron chi connectivity index (χ4n) is 1.58. The van der Waals surface area contributed by atoms with Crippen LogP contribution in [0.15, 0.2) is 18.2 Å². The van der Waals surface area contributed by atoms with E-state index < -0.39 is 17.5 Å². The maximum Gasteiger partial charge on any atom is 0.389 e. The Labute approximate surface area is 113 Å². The first-order chi connectivity index (χ1) is 9.33. The second kappa shape index (κ2) is 6.75. The van der Waals surface area contributed by atoms with E-state index in [1.165, 1.54) is 18.2 Å². The zero-order valence-corrected chi connectivity index (χ0v) is 10.4. The summed E-state index contributed by atoms with van der Waals surface area (Å²) in [4.78, 5) is 10.2. The van der Waals surface area contributed by atoms with Gasteiger partial charge in [-0.15, -0.1) is 0 Å². The molecule has 0 aliphatic carbocycles. The highest BCUT2D eigenvalue weighted by Crippen LogP contribution is 2.26. The number of rotatable bonds is 6. The molecule has 0 fully saturated rings. The van der Waals surface area contributed by atoms with Crippen molar-refractivity contribution >= 4 is 11.4 Å². The highest BCUT2D eigenvalue weighted by molar-refractivity contribution is 5.64. The second-order valence-electron chi connectivity index (χ2n) is 4.10. The van der Waals surface area contributed by atoms with Crippen molar-refractivity contribution in [2.45, 2.75) is 25.4 Å². The topological polar surface area (TPSA) is 79.0 Å². The monoisotopic (exact) mass is 287 g/mol. The summed E-state index contributed by atoms with van der Waals surface area (Å²) in [6.45, 7) is 0.172. The molecule has 0 spiro atoms. The van der Waals surface area contributed by atoms with Crippen LogP contribution in [0.3, 0.4) is 0 Å². The van der Waals surface area contributed by atoms with Gasteiger partial charge in [0.25, 0.3) is 5.69 Å². The van der Waals surface area contributed by atoms with Gasteiger partial charge >= 0.3 is 6.18 Å². The van der Waals surface area contributed by atoms with E-state index in [1.54, 1.807) is 0 Å². The quantitative estimate of drug-likeness (QED) is 0.492. The van der Waals surface area contributed by atoms with Crippen molar-refractivity contribution in [2.24, 2.45) is 0 Å². The second-order valence-corrected chi connectivity index (χ2v) is 4.10. The Balaban J connectivity index is 2.58. The number of halogens is 3. The van der Waals surface area contributed by atoms with Crippen LogP contribution in [0.25, 0.3) is 0 Å². The van der Waals surface area contributed by atoms with Crippen molar-refractivity contribution < 1.29 is 18.1 Å². The molecule has 0 atom stereocenters. The third kappa shape index (κ3) is 5.14. The molecule has 0 radical (unpaired) electrons. The molecular weight excluding hydrogens is 275 g/mol. The third-order valence-electron chi connectivity index (χ3n) is 2.52. The summed E-state index contributed by atoms with van der Waals surface area (Å²) in [6.07, 6.45) is -4.89. The third-order valence-corrected chi connectivity index (χ3v) is 2.52. The minimum absolute atomic E-state index is 0.0533. The van der Waals surface area contributed by atoms with Gasteiger partial charge in [-0.2, -0.15) is 18.4 Å². The van der Waals surface area contributed by atoms with Crippen LogP contribution in [0.4, 0.5) is 24.5 Å². The molecule has 108 valence electrons. The number of benzene rings is 1. The molecule has 0 aliphatic rings. The number of hydrogen-bond acceptors (Lipinski definition) is 4. The first-order valence-electron chi connectivity index (χ1n) is 5.82. The van der Waals surface area contributed by atoms with Gasteiger partial charge in [-0.3, -0.25) is 10.1 Å². The zero-order valence-electron chi connectivity index (χ0n) is 10.4. The summed E-state index contributed by atoms with van der Waals surface area (Å²) in [5, 5.41) is 22.2. The Hall–Kier alpha value is -2.30. The summed E-state index contributed by atoms with van der Waals surface area (Å²) < 4.78 is 35.8. The molecule has 0 heterocycles. The van der Waals surface area contributed by atoms with Gasteiger partial charge in [-0.25, -0.2) is 0 Å². The number of nitro groups is 1. The van der Waals surface area contributed by atoms with Gasteiger partial charge in [-0.05, 0) is 25.0 Å². The molecule has 1 N–H and O–H groups in total. The highest BCUT2D eigenvalue weighted by Gasteiger charge is 2.25. The number of alkyl halides is 3. The van der Waals surface area contributed by atoms with Crippen LogP contribution in [-0.2, 0) is 0 Å². The minimum Gasteiger partial charge on any atom is -0.379 e. The maximum atomic E-state index is 11.9. The van der Waals surface area contributed by atoms with E-state index in [1.807, 2.05) is 6.07 Å². The van der Waals surface area contributed by atoms with E-state index in [-0.39, 0.29) is 36.3 Å². The molecule has 0 amide bonds. The van der Waals surface area contributed by atoms with Crippen molar-refractivity contribution in [1.82, 2.24) is 0 Å². The lowest BCUT2D eigenvalue weighted by Crippen LogP contribution is -2.09. The summed E-state index contributed by atoms with van der Waals surface area (Å²) >= 11 is 0. The molecule has 0 saturated heterocycles. The summed E-state index contributed by atoms with van der Waals surface area (Å²) in [6, 6.07) is 5.65. The lowest BCUT2D eigenvalue weighted by atomic mass is 10.1.